The smallest absolute Gasteiger partial charge is 0.248 e. The highest BCUT2D eigenvalue weighted by Crippen LogP contribution is 2.33. The van der Waals surface area contributed by atoms with E-state index in [1.54, 1.807) is 0 Å². The molecule has 4 nitrogen and oxygen atoms in total. The lowest BCUT2D eigenvalue weighted by Gasteiger charge is -2.44. The Bertz CT molecular complexity index is 352. The summed E-state index contributed by atoms with van der Waals surface area (Å²) >= 11 is 0. The highest BCUT2D eigenvalue weighted by atomic mass is 16.2. The van der Waals surface area contributed by atoms with Crippen LogP contribution in [0.2, 0.25) is 0 Å². The van der Waals surface area contributed by atoms with Gasteiger partial charge in [-0.05, 0) is 32.1 Å². The van der Waals surface area contributed by atoms with Gasteiger partial charge in [0, 0.05) is 6.54 Å². The van der Waals surface area contributed by atoms with Gasteiger partial charge in [0.1, 0.15) is 11.6 Å². The van der Waals surface area contributed by atoms with Crippen LogP contribution in [0, 0.1) is 5.92 Å². The van der Waals surface area contributed by atoms with Crippen LogP contribution in [0.5, 0.6) is 0 Å². The van der Waals surface area contributed by atoms with Gasteiger partial charge in [0.05, 0.1) is 0 Å². The molecule has 1 heterocycles. The first-order valence-corrected chi connectivity index (χ1v) is 7.15. The van der Waals surface area contributed by atoms with Gasteiger partial charge in [-0.2, -0.15) is 0 Å². The van der Waals surface area contributed by atoms with Gasteiger partial charge in [-0.3, -0.25) is 9.59 Å². The maximum absolute atomic E-state index is 12.5. The van der Waals surface area contributed by atoms with Crippen LogP contribution >= 0.6 is 0 Å². The lowest BCUT2D eigenvalue weighted by atomic mass is 9.91. The van der Waals surface area contributed by atoms with Crippen molar-refractivity contribution in [3.8, 4) is 0 Å². The summed E-state index contributed by atoms with van der Waals surface area (Å²) < 4.78 is 0. The van der Waals surface area contributed by atoms with E-state index in [0.29, 0.717) is 12.8 Å². The monoisotopic (exact) mass is 252 g/mol. The van der Waals surface area contributed by atoms with Gasteiger partial charge in [-0.15, -0.1) is 0 Å². The Morgan fingerprint density at radius 3 is 2.50 bits per heavy atom. The average Bonchev–Trinajstić information content (AvgIpc) is 3.15. The predicted molar refractivity (Wildman–Crippen MR) is 70.0 cm³/mol. The Kier molecular flexibility index (Phi) is 3.64. The number of amides is 2. The van der Waals surface area contributed by atoms with Crippen molar-refractivity contribution in [2.45, 2.75) is 64.5 Å². The van der Waals surface area contributed by atoms with Gasteiger partial charge in [0.25, 0.3) is 0 Å². The molecule has 0 aromatic heterocycles. The number of nitrogens with zero attached hydrogens (tertiary/aromatic N) is 1. The molecular formula is C14H24N2O2. The van der Waals surface area contributed by atoms with E-state index in [0.717, 1.165) is 18.9 Å². The largest absolute Gasteiger partial charge is 0.340 e. The molecule has 2 aliphatic rings. The van der Waals surface area contributed by atoms with Gasteiger partial charge >= 0.3 is 0 Å². The quantitative estimate of drug-likeness (QED) is 0.809. The SMILES string of the molecule is CCC1C(=O)NC(C)(CC)C(=O)N1CCC1CC1. The van der Waals surface area contributed by atoms with Crippen LogP contribution in [0.1, 0.15) is 52.9 Å². The van der Waals surface area contributed by atoms with Crippen LogP contribution in [-0.2, 0) is 9.59 Å². The summed E-state index contributed by atoms with van der Waals surface area (Å²) in [6, 6.07) is -0.268. The molecule has 18 heavy (non-hydrogen) atoms. The molecule has 2 atom stereocenters. The van der Waals surface area contributed by atoms with Crippen molar-refractivity contribution < 1.29 is 9.59 Å². The highest BCUT2D eigenvalue weighted by molar-refractivity contribution is 5.99. The number of rotatable bonds is 5. The number of hydrogen-bond donors (Lipinski definition) is 1. The molecule has 1 N–H and O–H groups in total. The van der Waals surface area contributed by atoms with E-state index in [9.17, 15) is 9.59 Å². The molecule has 2 fully saturated rings. The highest BCUT2D eigenvalue weighted by Gasteiger charge is 2.46. The molecule has 0 bridgehead atoms. The van der Waals surface area contributed by atoms with E-state index < -0.39 is 5.54 Å². The summed E-state index contributed by atoms with van der Waals surface area (Å²) in [5, 5.41) is 2.90. The first-order chi connectivity index (χ1) is 8.51. The third-order valence-corrected chi connectivity index (χ3v) is 4.38. The molecule has 0 aromatic carbocycles. The van der Waals surface area contributed by atoms with Crippen molar-refractivity contribution in [3.05, 3.63) is 0 Å². The summed E-state index contributed by atoms with van der Waals surface area (Å²) in [5.74, 6) is 0.891. The fourth-order valence-electron chi connectivity index (χ4n) is 2.64. The third kappa shape index (κ3) is 2.38. The van der Waals surface area contributed by atoms with Crippen molar-refractivity contribution in [1.29, 1.82) is 0 Å². The molecule has 0 radical (unpaired) electrons. The topological polar surface area (TPSA) is 49.4 Å². The van der Waals surface area contributed by atoms with Crippen LogP contribution in [0.15, 0.2) is 0 Å². The van der Waals surface area contributed by atoms with Gasteiger partial charge in [-0.1, -0.05) is 26.7 Å². The number of nitrogens with one attached hydrogen (secondary N) is 1. The third-order valence-electron chi connectivity index (χ3n) is 4.38. The fraction of sp³-hybridized carbons (Fsp3) is 0.857. The Morgan fingerprint density at radius 2 is 2.00 bits per heavy atom. The Hall–Kier alpha value is -1.06. The Morgan fingerprint density at radius 1 is 1.33 bits per heavy atom. The lowest BCUT2D eigenvalue weighted by Crippen LogP contribution is -2.69. The normalized spacial score (nSPS) is 32.6. The van der Waals surface area contributed by atoms with E-state index in [2.05, 4.69) is 5.32 Å². The predicted octanol–water partition coefficient (Wildman–Crippen LogP) is 1.69. The molecule has 2 rings (SSSR count). The van der Waals surface area contributed by atoms with Crippen LogP contribution in [0.25, 0.3) is 0 Å². The molecule has 0 aromatic rings. The fourth-order valence-corrected chi connectivity index (χ4v) is 2.64. The second-order valence-corrected chi connectivity index (χ2v) is 5.83. The van der Waals surface area contributed by atoms with Gasteiger partial charge in [0.2, 0.25) is 11.8 Å². The first kappa shape index (κ1) is 13.4. The molecule has 1 aliphatic carbocycles. The van der Waals surface area contributed by atoms with Gasteiger partial charge < -0.3 is 10.2 Å². The molecular weight excluding hydrogens is 228 g/mol. The van der Waals surface area contributed by atoms with Crippen molar-refractivity contribution in [2.75, 3.05) is 6.54 Å². The number of carbonyl (C=O) groups is 2. The average molecular weight is 252 g/mol. The summed E-state index contributed by atoms with van der Waals surface area (Å²) in [7, 11) is 0. The number of piperazine rings is 1. The van der Waals surface area contributed by atoms with Crippen molar-refractivity contribution in [1.82, 2.24) is 10.2 Å². The van der Waals surface area contributed by atoms with Crippen LogP contribution in [-0.4, -0.2) is 34.8 Å². The first-order valence-electron chi connectivity index (χ1n) is 7.15. The summed E-state index contributed by atoms with van der Waals surface area (Å²) in [6.07, 6.45) is 4.97. The van der Waals surface area contributed by atoms with E-state index >= 15 is 0 Å². The minimum absolute atomic E-state index is 0.0113. The maximum atomic E-state index is 12.5. The summed E-state index contributed by atoms with van der Waals surface area (Å²) in [4.78, 5) is 26.5. The maximum Gasteiger partial charge on any atom is 0.248 e. The Labute approximate surface area is 109 Å². The standard InChI is InChI=1S/C14H24N2O2/c1-4-11-12(17)15-14(3,5-2)13(18)16(11)9-8-10-6-7-10/h10-11H,4-9H2,1-3H3,(H,15,17). The van der Waals surface area contributed by atoms with Crippen molar-refractivity contribution >= 4 is 11.8 Å². The zero-order chi connectivity index (χ0) is 13.3. The summed E-state index contributed by atoms with van der Waals surface area (Å²) in [6.45, 7) is 6.49. The van der Waals surface area contributed by atoms with E-state index in [1.165, 1.54) is 12.8 Å². The molecule has 2 unspecified atom stereocenters. The number of hydrogen-bond acceptors (Lipinski definition) is 2. The molecule has 4 heteroatoms. The van der Waals surface area contributed by atoms with Crippen molar-refractivity contribution in [2.24, 2.45) is 5.92 Å². The lowest BCUT2D eigenvalue weighted by molar-refractivity contribution is -0.154. The summed E-state index contributed by atoms with van der Waals surface area (Å²) in [5.41, 5.74) is -0.702. The van der Waals surface area contributed by atoms with E-state index in [4.69, 9.17) is 0 Å². The minimum Gasteiger partial charge on any atom is -0.340 e. The van der Waals surface area contributed by atoms with Gasteiger partial charge in [0.15, 0.2) is 0 Å². The molecule has 0 spiro atoms. The molecule has 1 saturated heterocycles. The van der Waals surface area contributed by atoms with E-state index in [1.807, 2.05) is 25.7 Å². The zero-order valence-electron chi connectivity index (χ0n) is 11.7. The van der Waals surface area contributed by atoms with Crippen LogP contribution in [0.3, 0.4) is 0 Å². The molecule has 1 aliphatic heterocycles. The van der Waals surface area contributed by atoms with E-state index in [-0.39, 0.29) is 17.9 Å². The second kappa shape index (κ2) is 4.90. The molecule has 102 valence electrons. The van der Waals surface area contributed by atoms with Crippen LogP contribution < -0.4 is 5.32 Å². The minimum atomic E-state index is -0.702. The van der Waals surface area contributed by atoms with Crippen LogP contribution in [0.4, 0.5) is 0 Å². The molecule has 1 saturated carbocycles. The number of carbonyl (C=O) groups excluding carboxylic acids is 2. The molecule has 2 amide bonds. The van der Waals surface area contributed by atoms with Crippen molar-refractivity contribution in [3.63, 3.8) is 0 Å². The van der Waals surface area contributed by atoms with Gasteiger partial charge in [-0.25, -0.2) is 0 Å². The second-order valence-electron chi connectivity index (χ2n) is 5.83. The Balaban J connectivity index is 2.12. The zero-order valence-corrected chi connectivity index (χ0v) is 11.7.